The minimum atomic E-state index is -0.240. The Bertz CT molecular complexity index is 825. The number of H-pyrrole nitrogens is 1. The Morgan fingerprint density at radius 3 is 3.04 bits per heavy atom. The van der Waals surface area contributed by atoms with Crippen LogP contribution in [0, 0.1) is 0 Å². The van der Waals surface area contributed by atoms with Crippen molar-refractivity contribution in [3.05, 3.63) is 47.1 Å². The fourth-order valence-corrected chi connectivity index (χ4v) is 3.59. The van der Waals surface area contributed by atoms with E-state index in [1.807, 2.05) is 29.9 Å². The first-order chi connectivity index (χ1) is 12.0. The molecule has 0 atom stereocenters. The highest BCUT2D eigenvalue weighted by Crippen LogP contribution is 2.32. The van der Waals surface area contributed by atoms with E-state index in [0.717, 1.165) is 11.4 Å². The summed E-state index contributed by atoms with van der Waals surface area (Å²) in [6.07, 6.45) is 7.64. The molecule has 3 rings (SSSR count). The molecule has 0 bridgehead atoms. The average Bonchev–Trinajstić information content (AvgIpc) is 3.28. The molecule has 1 saturated heterocycles. The molecular weight excluding hydrogens is 358 g/mol. The summed E-state index contributed by atoms with van der Waals surface area (Å²) in [5.41, 5.74) is 1.85. The number of nitrogens with zero attached hydrogens (tertiary/aromatic N) is 3. The maximum Gasteiger partial charge on any atom is 0.266 e. The van der Waals surface area contributed by atoms with E-state index in [0.29, 0.717) is 22.2 Å². The summed E-state index contributed by atoms with van der Waals surface area (Å²) in [6, 6.07) is 3.81. The van der Waals surface area contributed by atoms with Crippen molar-refractivity contribution >= 4 is 46.2 Å². The largest absolute Gasteiger partial charge is 0.354 e. The predicted octanol–water partition coefficient (Wildman–Crippen LogP) is 1.31. The number of thiocarbonyl (C=S) groups is 1. The maximum absolute atomic E-state index is 12.5. The van der Waals surface area contributed by atoms with Crippen LogP contribution in [-0.2, 0) is 23.1 Å². The second-order valence-corrected chi connectivity index (χ2v) is 7.16. The topological polar surface area (TPSA) is 83.0 Å². The molecule has 0 radical (unpaired) electrons. The van der Waals surface area contributed by atoms with Gasteiger partial charge in [0.25, 0.3) is 5.91 Å². The first-order valence-corrected chi connectivity index (χ1v) is 8.87. The van der Waals surface area contributed by atoms with Crippen LogP contribution < -0.4 is 5.32 Å². The lowest BCUT2D eigenvalue weighted by Gasteiger charge is -2.14. The molecule has 3 heterocycles. The molecular formula is C16H17N5O2S2. The number of imidazole rings is 1. The third-order valence-electron chi connectivity index (χ3n) is 3.71. The number of aromatic nitrogens is 3. The average molecular weight is 375 g/mol. The molecule has 2 aromatic heterocycles. The molecule has 0 aliphatic carbocycles. The van der Waals surface area contributed by atoms with Crippen LogP contribution in [-0.4, -0.2) is 48.7 Å². The SMILES string of the molecule is Cn1cccc1C=C1SC(=S)N(CC(=O)NCCc2cnc[nH]2)C1=O. The van der Waals surface area contributed by atoms with E-state index in [-0.39, 0.29) is 18.4 Å². The Hall–Kier alpha value is -2.39. The number of thioether (sulfide) groups is 1. The molecule has 2 N–H and O–H groups in total. The Morgan fingerprint density at radius 1 is 1.52 bits per heavy atom. The van der Waals surface area contributed by atoms with Crippen LogP contribution in [0.25, 0.3) is 6.08 Å². The van der Waals surface area contributed by atoms with Crippen LogP contribution in [0.5, 0.6) is 0 Å². The zero-order valence-corrected chi connectivity index (χ0v) is 15.2. The van der Waals surface area contributed by atoms with E-state index in [9.17, 15) is 9.59 Å². The van der Waals surface area contributed by atoms with E-state index >= 15 is 0 Å². The molecule has 0 aromatic carbocycles. The Kier molecular flexibility index (Phi) is 5.34. The molecule has 0 spiro atoms. The molecule has 130 valence electrons. The van der Waals surface area contributed by atoms with Crippen LogP contribution in [0.2, 0.25) is 0 Å². The van der Waals surface area contributed by atoms with Crippen molar-refractivity contribution in [1.82, 2.24) is 24.8 Å². The predicted molar refractivity (Wildman–Crippen MR) is 101 cm³/mol. The zero-order valence-electron chi connectivity index (χ0n) is 13.6. The molecule has 2 aromatic rings. The van der Waals surface area contributed by atoms with Crippen molar-refractivity contribution in [3.8, 4) is 0 Å². The summed E-state index contributed by atoms with van der Waals surface area (Å²) in [5, 5.41) is 2.79. The summed E-state index contributed by atoms with van der Waals surface area (Å²) in [4.78, 5) is 33.3. The second kappa shape index (κ2) is 7.66. The summed E-state index contributed by atoms with van der Waals surface area (Å²) >= 11 is 6.46. The smallest absolute Gasteiger partial charge is 0.266 e. The van der Waals surface area contributed by atoms with Crippen LogP contribution in [0.15, 0.2) is 35.8 Å². The fourth-order valence-electron chi connectivity index (χ4n) is 2.35. The number of nitrogens with one attached hydrogen (secondary N) is 2. The normalized spacial score (nSPS) is 16.0. The molecule has 9 heteroatoms. The van der Waals surface area contributed by atoms with Crippen molar-refractivity contribution in [2.75, 3.05) is 13.1 Å². The lowest BCUT2D eigenvalue weighted by molar-refractivity contribution is -0.128. The second-order valence-electron chi connectivity index (χ2n) is 5.49. The number of hydrogen-bond acceptors (Lipinski definition) is 5. The number of hydrogen-bond donors (Lipinski definition) is 2. The standard InChI is InChI=1S/C16H17N5O2S2/c1-20-6-2-3-12(20)7-13-15(23)21(16(24)25-13)9-14(22)18-5-4-11-8-17-10-19-11/h2-3,6-8,10H,4-5,9H2,1H3,(H,17,19)(H,18,22). The van der Waals surface area contributed by atoms with Gasteiger partial charge in [-0.25, -0.2) is 4.98 Å². The number of carbonyl (C=O) groups is 2. The minimum absolute atomic E-state index is 0.0713. The summed E-state index contributed by atoms with van der Waals surface area (Å²) < 4.78 is 2.31. The Morgan fingerprint density at radius 2 is 2.36 bits per heavy atom. The van der Waals surface area contributed by atoms with Crippen LogP contribution in [0.1, 0.15) is 11.4 Å². The van der Waals surface area contributed by atoms with Gasteiger partial charge in [0.1, 0.15) is 10.9 Å². The highest BCUT2D eigenvalue weighted by molar-refractivity contribution is 8.26. The lowest BCUT2D eigenvalue weighted by Crippen LogP contribution is -2.40. The summed E-state index contributed by atoms with van der Waals surface area (Å²) in [7, 11) is 1.90. The van der Waals surface area contributed by atoms with Crippen molar-refractivity contribution in [2.45, 2.75) is 6.42 Å². The van der Waals surface area contributed by atoms with Crippen LogP contribution in [0.4, 0.5) is 0 Å². The fraction of sp³-hybridized carbons (Fsp3) is 0.250. The van der Waals surface area contributed by atoms with Gasteiger partial charge in [0.15, 0.2) is 0 Å². The molecule has 1 fully saturated rings. The number of aromatic amines is 1. The first-order valence-electron chi connectivity index (χ1n) is 7.65. The van der Waals surface area contributed by atoms with Gasteiger partial charge in [0.05, 0.1) is 11.2 Å². The highest BCUT2D eigenvalue weighted by atomic mass is 32.2. The third-order valence-corrected chi connectivity index (χ3v) is 5.09. The van der Waals surface area contributed by atoms with Gasteiger partial charge in [-0.2, -0.15) is 0 Å². The van der Waals surface area contributed by atoms with Gasteiger partial charge in [-0.05, 0) is 18.2 Å². The minimum Gasteiger partial charge on any atom is -0.354 e. The van der Waals surface area contributed by atoms with Crippen molar-refractivity contribution < 1.29 is 9.59 Å². The van der Waals surface area contributed by atoms with Gasteiger partial charge < -0.3 is 14.9 Å². The van der Waals surface area contributed by atoms with E-state index in [1.165, 1.54) is 16.7 Å². The Labute approximate surface area is 154 Å². The van der Waals surface area contributed by atoms with E-state index < -0.39 is 0 Å². The number of amides is 2. The molecule has 1 aliphatic rings. The van der Waals surface area contributed by atoms with E-state index in [1.54, 1.807) is 18.6 Å². The summed E-state index contributed by atoms with van der Waals surface area (Å²) in [5.74, 6) is -0.476. The molecule has 0 saturated carbocycles. The lowest BCUT2D eigenvalue weighted by atomic mass is 10.3. The number of aryl methyl sites for hydroxylation is 1. The molecule has 0 unspecified atom stereocenters. The van der Waals surface area contributed by atoms with E-state index in [2.05, 4.69) is 15.3 Å². The molecule has 25 heavy (non-hydrogen) atoms. The van der Waals surface area contributed by atoms with Crippen molar-refractivity contribution in [1.29, 1.82) is 0 Å². The zero-order chi connectivity index (χ0) is 17.8. The van der Waals surface area contributed by atoms with Crippen molar-refractivity contribution in [3.63, 3.8) is 0 Å². The summed E-state index contributed by atoms with van der Waals surface area (Å²) in [6.45, 7) is 0.396. The first kappa shape index (κ1) is 17.4. The van der Waals surface area contributed by atoms with E-state index in [4.69, 9.17) is 12.2 Å². The van der Waals surface area contributed by atoms with Gasteiger partial charge >= 0.3 is 0 Å². The molecule has 7 nitrogen and oxygen atoms in total. The van der Waals surface area contributed by atoms with Crippen LogP contribution in [0.3, 0.4) is 0 Å². The van der Waals surface area contributed by atoms with Crippen molar-refractivity contribution in [2.24, 2.45) is 7.05 Å². The molecule has 1 aliphatic heterocycles. The highest BCUT2D eigenvalue weighted by Gasteiger charge is 2.33. The maximum atomic E-state index is 12.5. The van der Waals surface area contributed by atoms with Gasteiger partial charge in [-0.3, -0.25) is 14.5 Å². The van der Waals surface area contributed by atoms with Gasteiger partial charge in [0.2, 0.25) is 5.91 Å². The number of rotatable bonds is 6. The number of carbonyl (C=O) groups excluding carboxylic acids is 2. The van der Waals surface area contributed by atoms with Gasteiger partial charge in [0, 0.05) is 43.8 Å². The van der Waals surface area contributed by atoms with Crippen LogP contribution >= 0.6 is 24.0 Å². The third kappa shape index (κ3) is 4.18. The monoisotopic (exact) mass is 375 g/mol. The van der Waals surface area contributed by atoms with Gasteiger partial charge in [-0.1, -0.05) is 24.0 Å². The molecule has 2 amide bonds. The van der Waals surface area contributed by atoms with Gasteiger partial charge in [-0.15, -0.1) is 0 Å². The Balaban J connectivity index is 1.56. The quantitative estimate of drug-likeness (QED) is 0.588.